The van der Waals surface area contributed by atoms with E-state index in [1.54, 1.807) is 0 Å². The molecule has 1 fully saturated rings. The van der Waals surface area contributed by atoms with Crippen LogP contribution in [0.15, 0.2) is 23.4 Å². The Morgan fingerprint density at radius 3 is 2.24 bits per heavy atom. The van der Waals surface area contributed by atoms with Crippen molar-refractivity contribution in [3.63, 3.8) is 0 Å². The van der Waals surface area contributed by atoms with E-state index in [9.17, 15) is 14.4 Å². The number of nitrogens with zero attached hydrogens (tertiary/aromatic N) is 3. The van der Waals surface area contributed by atoms with Crippen molar-refractivity contribution in [3.8, 4) is 0 Å². The molecule has 0 saturated heterocycles. The number of benzene rings is 1. The first-order chi connectivity index (χ1) is 15.9. The van der Waals surface area contributed by atoms with E-state index in [1.165, 1.54) is 76.3 Å². The number of thioether (sulfide) groups is 1. The lowest BCUT2D eigenvalue weighted by Gasteiger charge is -2.21. The van der Waals surface area contributed by atoms with Crippen LogP contribution in [0, 0.1) is 5.92 Å². The van der Waals surface area contributed by atoms with E-state index in [4.69, 9.17) is 9.47 Å². The van der Waals surface area contributed by atoms with E-state index in [2.05, 4.69) is 20.1 Å². The number of aromatic nitrogens is 3. The van der Waals surface area contributed by atoms with Gasteiger partial charge in [-0.25, -0.2) is 9.59 Å². The summed E-state index contributed by atoms with van der Waals surface area (Å²) in [7, 11) is 2.49. The second-order valence-electron chi connectivity index (χ2n) is 7.97. The molecule has 33 heavy (non-hydrogen) atoms. The molecule has 2 aromatic rings. The minimum Gasteiger partial charge on any atom is -0.465 e. The Morgan fingerprint density at radius 2 is 1.67 bits per heavy atom. The Bertz CT molecular complexity index is 966. The van der Waals surface area contributed by atoms with Crippen molar-refractivity contribution in [1.82, 2.24) is 14.8 Å². The normalized spacial score (nSPS) is 14.0. The summed E-state index contributed by atoms with van der Waals surface area (Å²) in [5.41, 5.74) is 0.585. The maximum absolute atomic E-state index is 12.6. The van der Waals surface area contributed by atoms with Crippen molar-refractivity contribution in [2.75, 3.05) is 25.3 Å². The number of hydrogen-bond acceptors (Lipinski definition) is 8. The van der Waals surface area contributed by atoms with Crippen molar-refractivity contribution in [2.45, 2.75) is 57.1 Å². The van der Waals surface area contributed by atoms with Crippen LogP contribution in [0.2, 0.25) is 0 Å². The van der Waals surface area contributed by atoms with Gasteiger partial charge >= 0.3 is 11.9 Å². The minimum atomic E-state index is -0.618. The van der Waals surface area contributed by atoms with E-state index in [-0.39, 0.29) is 22.8 Å². The molecule has 3 rings (SSSR count). The predicted octanol–water partition coefficient (Wildman–Crippen LogP) is 3.72. The van der Waals surface area contributed by atoms with Crippen LogP contribution in [0.25, 0.3) is 0 Å². The summed E-state index contributed by atoms with van der Waals surface area (Å²) in [6, 6.07) is 4.27. The highest BCUT2D eigenvalue weighted by Gasteiger charge is 2.20. The van der Waals surface area contributed by atoms with Crippen LogP contribution in [-0.4, -0.2) is 52.6 Å². The summed E-state index contributed by atoms with van der Waals surface area (Å²) >= 11 is 1.31. The smallest absolute Gasteiger partial charge is 0.337 e. The van der Waals surface area contributed by atoms with E-state index < -0.39 is 11.9 Å². The Balaban J connectivity index is 1.65. The second-order valence-corrected chi connectivity index (χ2v) is 8.91. The molecule has 1 aromatic heterocycles. The number of carbonyl (C=O) groups is 3. The van der Waals surface area contributed by atoms with E-state index >= 15 is 0 Å². The van der Waals surface area contributed by atoms with Gasteiger partial charge in [0.15, 0.2) is 5.16 Å². The highest BCUT2D eigenvalue weighted by atomic mass is 32.2. The monoisotopic (exact) mass is 474 g/mol. The minimum absolute atomic E-state index is 0.109. The molecule has 0 radical (unpaired) electrons. The van der Waals surface area contributed by atoms with Gasteiger partial charge in [0.05, 0.1) is 31.1 Å². The molecule has 1 aliphatic rings. The zero-order valence-electron chi connectivity index (χ0n) is 19.3. The number of rotatable bonds is 9. The largest absolute Gasteiger partial charge is 0.465 e. The molecule has 0 atom stereocenters. The first-order valence-corrected chi connectivity index (χ1v) is 12.1. The van der Waals surface area contributed by atoms with Crippen LogP contribution in [0.5, 0.6) is 0 Å². The molecule has 0 spiro atoms. The van der Waals surface area contributed by atoms with Crippen LogP contribution < -0.4 is 5.32 Å². The third kappa shape index (κ3) is 6.56. The van der Waals surface area contributed by atoms with Gasteiger partial charge in [-0.1, -0.05) is 43.9 Å². The maximum atomic E-state index is 12.6. The van der Waals surface area contributed by atoms with Gasteiger partial charge in [-0.05, 0) is 31.0 Å². The lowest BCUT2D eigenvalue weighted by Crippen LogP contribution is -2.17. The van der Waals surface area contributed by atoms with Crippen molar-refractivity contribution in [1.29, 1.82) is 0 Å². The summed E-state index contributed by atoms with van der Waals surface area (Å²) in [5.74, 6) is 0.204. The zero-order chi connectivity index (χ0) is 23.8. The van der Waals surface area contributed by atoms with Gasteiger partial charge in [-0.15, -0.1) is 10.2 Å². The number of anilines is 1. The quantitative estimate of drug-likeness (QED) is 0.432. The Labute approximate surface area is 197 Å². The number of methoxy groups -OCH3 is 2. The van der Waals surface area contributed by atoms with Crippen LogP contribution in [-0.2, 0) is 27.2 Å². The standard InChI is InChI=1S/C23H30N4O5S/c1-4-27-19(10-15-8-6-5-7-9-15)25-26-23(27)33-14-20(28)24-18-12-16(21(29)31-2)11-17(13-18)22(30)32-3/h11-13,15H,4-10,14H2,1-3H3,(H,24,28). The SMILES string of the molecule is CCn1c(CC2CCCCC2)nnc1SCC(=O)Nc1cc(C(=O)OC)cc(C(=O)OC)c1. The van der Waals surface area contributed by atoms with Gasteiger partial charge in [0.1, 0.15) is 5.82 Å². The fourth-order valence-electron chi connectivity index (χ4n) is 4.04. The van der Waals surface area contributed by atoms with E-state index in [0.29, 0.717) is 16.8 Å². The van der Waals surface area contributed by atoms with Gasteiger partial charge in [0, 0.05) is 18.7 Å². The fraction of sp³-hybridized carbons (Fsp3) is 0.522. The average Bonchev–Trinajstić information content (AvgIpc) is 3.23. The molecule has 10 heteroatoms. The highest BCUT2D eigenvalue weighted by molar-refractivity contribution is 7.99. The molecule has 0 bridgehead atoms. The molecule has 178 valence electrons. The van der Waals surface area contributed by atoms with Crippen molar-refractivity contribution < 1.29 is 23.9 Å². The molecular weight excluding hydrogens is 444 g/mol. The predicted molar refractivity (Wildman–Crippen MR) is 124 cm³/mol. The summed E-state index contributed by atoms with van der Waals surface area (Å²) in [4.78, 5) is 36.5. The van der Waals surface area contributed by atoms with Crippen LogP contribution in [0.4, 0.5) is 5.69 Å². The Morgan fingerprint density at radius 1 is 1.03 bits per heavy atom. The first kappa shape index (κ1) is 24.8. The molecule has 9 nitrogen and oxygen atoms in total. The summed E-state index contributed by atoms with van der Waals surface area (Å²) in [5, 5.41) is 12.1. The van der Waals surface area contributed by atoms with Crippen molar-refractivity contribution in [3.05, 3.63) is 35.2 Å². The number of nitrogens with one attached hydrogen (secondary N) is 1. The van der Waals surface area contributed by atoms with E-state index in [0.717, 1.165) is 18.8 Å². The molecule has 1 aliphatic carbocycles. The summed E-state index contributed by atoms with van der Waals surface area (Å²) in [6.45, 7) is 2.78. The average molecular weight is 475 g/mol. The third-order valence-electron chi connectivity index (χ3n) is 5.70. The zero-order valence-corrected chi connectivity index (χ0v) is 20.1. The maximum Gasteiger partial charge on any atom is 0.337 e. The molecule has 1 heterocycles. The van der Waals surface area contributed by atoms with Crippen LogP contribution in [0.1, 0.15) is 65.6 Å². The van der Waals surface area contributed by atoms with Gasteiger partial charge in [-0.3, -0.25) is 4.79 Å². The fourth-order valence-corrected chi connectivity index (χ4v) is 4.86. The molecular formula is C23H30N4O5S. The Kier molecular flexibility index (Phi) is 8.87. The number of carbonyl (C=O) groups excluding carboxylic acids is 3. The lowest BCUT2D eigenvalue weighted by atomic mass is 9.87. The molecule has 1 aromatic carbocycles. The van der Waals surface area contributed by atoms with Crippen molar-refractivity contribution in [2.24, 2.45) is 5.92 Å². The summed E-state index contributed by atoms with van der Waals surface area (Å²) < 4.78 is 11.5. The van der Waals surface area contributed by atoms with Gasteiger partial charge in [-0.2, -0.15) is 0 Å². The van der Waals surface area contributed by atoms with Crippen LogP contribution in [0.3, 0.4) is 0 Å². The highest BCUT2D eigenvalue weighted by Crippen LogP contribution is 2.28. The number of esters is 2. The van der Waals surface area contributed by atoms with Crippen LogP contribution >= 0.6 is 11.8 Å². The molecule has 1 amide bonds. The van der Waals surface area contributed by atoms with Crippen molar-refractivity contribution >= 4 is 35.3 Å². The molecule has 1 saturated carbocycles. The second kappa shape index (κ2) is 11.8. The summed E-state index contributed by atoms with van der Waals surface area (Å²) in [6.07, 6.45) is 7.27. The first-order valence-electron chi connectivity index (χ1n) is 11.1. The molecule has 0 aliphatic heterocycles. The van der Waals surface area contributed by atoms with Gasteiger partial charge in [0.2, 0.25) is 5.91 Å². The number of ether oxygens (including phenoxy) is 2. The topological polar surface area (TPSA) is 112 Å². The Hall–Kier alpha value is -2.88. The van der Waals surface area contributed by atoms with Gasteiger partial charge < -0.3 is 19.4 Å². The number of amides is 1. The van der Waals surface area contributed by atoms with Gasteiger partial charge in [0.25, 0.3) is 0 Å². The van der Waals surface area contributed by atoms with E-state index in [1.807, 2.05) is 6.92 Å². The molecule has 0 unspecified atom stereocenters. The third-order valence-corrected chi connectivity index (χ3v) is 6.66. The molecule has 1 N–H and O–H groups in total. The number of hydrogen-bond donors (Lipinski definition) is 1. The lowest BCUT2D eigenvalue weighted by molar-refractivity contribution is -0.113.